The van der Waals surface area contributed by atoms with Crippen LogP contribution in [0, 0.1) is 0 Å². The van der Waals surface area contributed by atoms with E-state index in [1.165, 1.54) is 18.1 Å². The summed E-state index contributed by atoms with van der Waals surface area (Å²) in [6.07, 6.45) is 2.31. The van der Waals surface area contributed by atoms with Crippen LogP contribution in [0.15, 0.2) is 66.2 Å². The van der Waals surface area contributed by atoms with Crippen molar-refractivity contribution < 1.29 is 19.1 Å². The first kappa shape index (κ1) is 25.7. The van der Waals surface area contributed by atoms with Crippen molar-refractivity contribution in [1.29, 1.82) is 0 Å². The summed E-state index contributed by atoms with van der Waals surface area (Å²) in [5.41, 5.74) is 2.86. The van der Waals surface area contributed by atoms with Crippen molar-refractivity contribution >= 4 is 64.1 Å². The van der Waals surface area contributed by atoms with Gasteiger partial charge in [-0.25, -0.2) is 0 Å². The first-order valence-electron chi connectivity index (χ1n) is 11.1. The molecule has 0 bridgehead atoms. The van der Waals surface area contributed by atoms with Gasteiger partial charge in [-0.3, -0.25) is 19.8 Å². The van der Waals surface area contributed by atoms with Crippen molar-refractivity contribution in [1.82, 2.24) is 5.32 Å². The molecule has 0 unspecified atom stereocenters. The standard InChI is InChI=1S/C27H22Cl2N2O4S/c1-3-16-8-10-19(11-9-16)31-26(33)20(25(32)30-27(31)36)12-17-13-22(29)24(23(14-17)34-2)35-15-18-6-4-5-7-21(18)28/h4-14H,3,15H2,1-2H3,(H,30,32,36)/b20-12+. The maximum absolute atomic E-state index is 13.3. The average Bonchev–Trinajstić information content (AvgIpc) is 2.86. The Hall–Kier alpha value is -3.39. The molecule has 1 fully saturated rings. The molecule has 3 aromatic rings. The van der Waals surface area contributed by atoms with Gasteiger partial charge in [0, 0.05) is 10.6 Å². The van der Waals surface area contributed by atoms with Gasteiger partial charge in [-0.2, -0.15) is 0 Å². The van der Waals surface area contributed by atoms with Gasteiger partial charge in [0.05, 0.1) is 17.8 Å². The van der Waals surface area contributed by atoms with Gasteiger partial charge in [-0.15, -0.1) is 0 Å². The zero-order chi connectivity index (χ0) is 25.8. The second-order valence-corrected chi connectivity index (χ2v) is 9.09. The number of halogens is 2. The van der Waals surface area contributed by atoms with Crippen molar-refractivity contribution in [2.45, 2.75) is 20.0 Å². The number of carbonyl (C=O) groups is 2. The number of rotatable bonds is 7. The Morgan fingerprint density at radius 3 is 2.42 bits per heavy atom. The van der Waals surface area contributed by atoms with E-state index in [2.05, 4.69) is 5.32 Å². The normalized spacial score (nSPS) is 14.7. The minimum Gasteiger partial charge on any atom is -0.493 e. The van der Waals surface area contributed by atoms with Gasteiger partial charge in [0.2, 0.25) is 0 Å². The molecule has 1 N–H and O–H groups in total. The number of benzene rings is 3. The summed E-state index contributed by atoms with van der Waals surface area (Å²) >= 11 is 18.0. The number of amides is 2. The summed E-state index contributed by atoms with van der Waals surface area (Å²) in [5, 5.41) is 3.42. The highest BCUT2D eigenvalue weighted by atomic mass is 35.5. The van der Waals surface area contributed by atoms with E-state index in [4.69, 9.17) is 44.9 Å². The molecule has 184 valence electrons. The number of nitrogens with one attached hydrogen (secondary N) is 1. The molecular formula is C27H22Cl2N2O4S. The van der Waals surface area contributed by atoms with Crippen LogP contribution in [0.1, 0.15) is 23.6 Å². The Labute approximate surface area is 224 Å². The third-order valence-electron chi connectivity index (χ3n) is 5.60. The summed E-state index contributed by atoms with van der Waals surface area (Å²) in [6.45, 7) is 2.22. The molecule has 1 aliphatic heterocycles. The molecule has 6 nitrogen and oxygen atoms in total. The lowest BCUT2D eigenvalue weighted by Gasteiger charge is -2.29. The van der Waals surface area contributed by atoms with Crippen LogP contribution in [0.25, 0.3) is 6.08 Å². The van der Waals surface area contributed by atoms with Gasteiger partial charge in [-0.05, 0) is 66.2 Å². The minimum absolute atomic E-state index is 0.0188. The SMILES string of the molecule is CCc1ccc(N2C(=O)/C(=C/c3cc(Cl)c(OCc4ccccc4Cl)c(OC)c3)C(=O)NC2=S)cc1. The third kappa shape index (κ3) is 5.38. The molecular weight excluding hydrogens is 519 g/mol. The first-order valence-corrected chi connectivity index (χ1v) is 12.2. The lowest BCUT2D eigenvalue weighted by Crippen LogP contribution is -2.54. The highest BCUT2D eigenvalue weighted by molar-refractivity contribution is 7.80. The Bertz CT molecular complexity index is 1370. The van der Waals surface area contributed by atoms with Crippen molar-refractivity contribution in [3.8, 4) is 11.5 Å². The fourth-order valence-electron chi connectivity index (χ4n) is 3.67. The topological polar surface area (TPSA) is 67.9 Å². The number of methoxy groups -OCH3 is 1. The number of aryl methyl sites for hydroxylation is 1. The average molecular weight is 541 g/mol. The van der Waals surface area contributed by atoms with E-state index in [0.29, 0.717) is 27.8 Å². The monoisotopic (exact) mass is 540 g/mol. The lowest BCUT2D eigenvalue weighted by atomic mass is 10.1. The van der Waals surface area contributed by atoms with E-state index in [9.17, 15) is 9.59 Å². The number of hydrogen-bond donors (Lipinski definition) is 1. The zero-order valence-corrected chi connectivity index (χ0v) is 21.8. The summed E-state index contributed by atoms with van der Waals surface area (Å²) < 4.78 is 11.4. The molecule has 0 aromatic heterocycles. The van der Waals surface area contributed by atoms with E-state index in [1.807, 2.05) is 37.3 Å². The number of hydrogen-bond acceptors (Lipinski definition) is 5. The maximum atomic E-state index is 13.3. The predicted molar refractivity (Wildman–Crippen MR) is 146 cm³/mol. The van der Waals surface area contributed by atoms with Crippen LogP contribution in [0.3, 0.4) is 0 Å². The van der Waals surface area contributed by atoms with E-state index in [0.717, 1.165) is 17.5 Å². The molecule has 0 aliphatic carbocycles. The van der Waals surface area contributed by atoms with E-state index >= 15 is 0 Å². The second-order valence-electron chi connectivity index (χ2n) is 7.89. The van der Waals surface area contributed by atoms with Gasteiger partial charge >= 0.3 is 0 Å². The van der Waals surface area contributed by atoms with Gasteiger partial charge < -0.3 is 9.47 Å². The van der Waals surface area contributed by atoms with Crippen molar-refractivity contribution in [3.63, 3.8) is 0 Å². The number of carbonyl (C=O) groups excluding carboxylic acids is 2. The number of ether oxygens (including phenoxy) is 2. The molecule has 2 amide bonds. The molecule has 1 heterocycles. The fraction of sp³-hybridized carbons (Fsp3) is 0.148. The fourth-order valence-corrected chi connectivity index (χ4v) is 4.41. The molecule has 0 saturated carbocycles. The van der Waals surface area contributed by atoms with E-state index in [1.54, 1.807) is 30.3 Å². The molecule has 1 aliphatic rings. The Balaban J connectivity index is 1.64. The second kappa shape index (κ2) is 11.1. The van der Waals surface area contributed by atoms with Crippen molar-refractivity contribution in [3.05, 3.63) is 93.0 Å². The van der Waals surface area contributed by atoms with E-state index in [-0.39, 0.29) is 22.3 Å². The highest BCUT2D eigenvalue weighted by Gasteiger charge is 2.34. The zero-order valence-electron chi connectivity index (χ0n) is 19.5. The molecule has 9 heteroatoms. The van der Waals surface area contributed by atoms with Crippen LogP contribution in [0.2, 0.25) is 10.0 Å². The van der Waals surface area contributed by atoms with E-state index < -0.39 is 11.8 Å². The summed E-state index contributed by atoms with van der Waals surface area (Å²) in [7, 11) is 1.48. The lowest BCUT2D eigenvalue weighted by molar-refractivity contribution is -0.122. The van der Waals surface area contributed by atoms with Crippen LogP contribution in [0.5, 0.6) is 11.5 Å². The Kier molecular flexibility index (Phi) is 7.94. The predicted octanol–water partition coefficient (Wildman–Crippen LogP) is 5.97. The van der Waals surface area contributed by atoms with Crippen LogP contribution >= 0.6 is 35.4 Å². The van der Waals surface area contributed by atoms with Gasteiger partial charge in [-0.1, -0.05) is 60.5 Å². The Morgan fingerprint density at radius 1 is 1.03 bits per heavy atom. The van der Waals surface area contributed by atoms with Crippen molar-refractivity contribution in [2.75, 3.05) is 12.0 Å². The molecule has 0 atom stereocenters. The number of thiocarbonyl (C=S) groups is 1. The minimum atomic E-state index is -0.597. The summed E-state index contributed by atoms with van der Waals surface area (Å²) in [4.78, 5) is 27.3. The van der Waals surface area contributed by atoms with Gasteiger partial charge in [0.15, 0.2) is 16.6 Å². The largest absolute Gasteiger partial charge is 0.493 e. The summed E-state index contributed by atoms with van der Waals surface area (Å²) in [5.74, 6) is -0.477. The summed E-state index contributed by atoms with van der Waals surface area (Å²) in [6, 6.07) is 18.0. The molecule has 0 radical (unpaired) electrons. The highest BCUT2D eigenvalue weighted by Crippen LogP contribution is 2.38. The molecule has 36 heavy (non-hydrogen) atoms. The number of anilines is 1. The van der Waals surface area contributed by atoms with Crippen LogP contribution in [0.4, 0.5) is 5.69 Å². The third-order valence-corrected chi connectivity index (χ3v) is 6.53. The molecule has 3 aromatic carbocycles. The van der Waals surface area contributed by atoms with Gasteiger partial charge in [0.25, 0.3) is 11.8 Å². The van der Waals surface area contributed by atoms with Crippen LogP contribution < -0.4 is 19.7 Å². The quantitative estimate of drug-likeness (QED) is 0.227. The molecule has 0 spiro atoms. The maximum Gasteiger partial charge on any atom is 0.270 e. The molecule has 4 rings (SSSR count). The number of nitrogens with zero attached hydrogens (tertiary/aromatic N) is 1. The first-order chi connectivity index (χ1) is 17.3. The van der Waals surface area contributed by atoms with Gasteiger partial charge in [0.1, 0.15) is 12.2 Å². The van der Waals surface area contributed by atoms with Crippen molar-refractivity contribution in [2.24, 2.45) is 0 Å². The van der Waals surface area contributed by atoms with Crippen LogP contribution in [-0.4, -0.2) is 24.0 Å². The Morgan fingerprint density at radius 2 is 1.75 bits per heavy atom. The van der Waals surface area contributed by atoms with Crippen LogP contribution in [-0.2, 0) is 22.6 Å². The smallest absolute Gasteiger partial charge is 0.270 e. The molecule has 1 saturated heterocycles.